The average Bonchev–Trinajstić information content (AvgIpc) is 2.70. The van der Waals surface area contributed by atoms with Crippen molar-refractivity contribution in [3.63, 3.8) is 0 Å². The van der Waals surface area contributed by atoms with Crippen LogP contribution in [-0.2, 0) is 0 Å². The predicted octanol–water partition coefficient (Wildman–Crippen LogP) is 7.45. The van der Waals surface area contributed by atoms with E-state index in [9.17, 15) is 4.39 Å². The van der Waals surface area contributed by atoms with Crippen molar-refractivity contribution in [2.24, 2.45) is 22.7 Å². The first-order valence-electron chi connectivity index (χ1n) is 10.6. The molecular weight excluding hydrogens is 357 g/mol. The number of nitrogens with zero attached hydrogens (tertiary/aromatic N) is 1. The van der Waals surface area contributed by atoms with E-state index in [0.717, 1.165) is 36.2 Å². The van der Waals surface area contributed by atoms with E-state index in [1.807, 2.05) is 6.07 Å². The summed E-state index contributed by atoms with van der Waals surface area (Å²) in [7, 11) is 1.53. The minimum absolute atomic E-state index is 0.211. The van der Waals surface area contributed by atoms with Gasteiger partial charge in [-0.3, -0.25) is 0 Å². The van der Waals surface area contributed by atoms with Crippen LogP contribution in [0.15, 0.2) is 17.1 Å². The summed E-state index contributed by atoms with van der Waals surface area (Å²) < 4.78 is 20.0. The van der Waals surface area contributed by atoms with Crippen molar-refractivity contribution in [3.8, 4) is 5.75 Å². The second-order valence-electron chi connectivity index (χ2n) is 8.41. The Labute approximate surface area is 168 Å². The number of benzene rings is 1. The lowest BCUT2D eigenvalue weighted by Gasteiger charge is -2.38. The Balaban J connectivity index is 1.61. The molecule has 2 aliphatic carbocycles. The van der Waals surface area contributed by atoms with Crippen molar-refractivity contribution in [3.05, 3.63) is 23.5 Å². The number of hydrogen-bond acceptors (Lipinski definition) is 3. The fourth-order valence-electron chi connectivity index (χ4n) is 5.48. The summed E-state index contributed by atoms with van der Waals surface area (Å²) in [5.74, 6) is 3.06. The van der Waals surface area contributed by atoms with Gasteiger partial charge in [0.1, 0.15) is 5.69 Å². The number of ether oxygens (including phenoxy) is 1. The van der Waals surface area contributed by atoms with Gasteiger partial charge in [0.05, 0.1) is 12.3 Å². The van der Waals surface area contributed by atoms with Gasteiger partial charge in [0.15, 0.2) is 11.6 Å². The molecule has 3 rings (SSSR count). The summed E-state index contributed by atoms with van der Waals surface area (Å²) in [6.07, 6.45) is 13.2. The number of hydrogen-bond donors (Lipinski definition) is 0. The Morgan fingerprint density at radius 1 is 1.07 bits per heavy atom. The van der Waals surface area contributed by atoms with E-state index in [1.54, 1.807) is 6.07 Å². The number of rotatable bonds is 6. The van der Waals surface area contributed by atoms with Gasteiger partial charge in [0.2, 0.25) is 0 Å². The maximum Gasteiger partial charge on any atom is 0.191 e. The zero-order valence-corrected chi connectivity index (χ0v) is 17.5. The smallest absolute Gasteiger partial charge is 0.191 e. The first-order chi connectivity index (χ1) is 13.2. The quantitative estimate of drug-likeness (QED) is 0.372. The van der Waals surface area contributed by atoms with Gasteiger partial charge in [-0.2, -0.15) is 4.99 Å². The van der Waals surface area contributed by atoms with Crippen LogP contribution in [0.2, 0.25) is 0 Å². The normalized spacial score (nSPS) is 28.4. The van der Waals surface area contributed by atoms with E-state index >= 15 is 0 Å². The fraction of sp³-hybridized carbons (Fsp3) is 0.696. The topological polar surface area (TPSA) is 21.6 Å². The third kappa shape index (κ3) is 4.78. The molecule has 4 heteroatoms. The second kappa shape index (κ2) is 9.80. The molecule has 2 fully saturated rings. The van der Waals surface area contributed by atoms with Crippen molar-refractivity contribution < 1.29 is 9.13 Å². The van der Waals surface area contributed by atoms with Gasteiger partial charge < -0.3 is 4.74 Å². The third-order valence-electron chi connectivity index (χ3n) is 6.94. The molecule has 0 atom stereocenters. The molecule has 148 valence electrons. The van der Waals surface area contributed by atoms with E-state index in [-0.39, 0.29) is 5.69 Å². The zero-order valence-electron chi connectivity index (χ0n) is 16.7. The van der Waals surface area contributed by atoms with Crippen LogP contribution in [0.3, 0.4) is 0 Å². The van der Waals surface area contributed by atoms with E-state index in [0.29, 0.717) is 11.7 Å². The molecule has 0 radical (unpaired) electrons. The molecule has 27 heavy (non-hydrogen) atoms. The Bertz CT molecular complexity index is 669. The minimum atomic E-state index is -0.413. The molecule has 1 aromatic carbocycles. The Kier molecular flexibility index (Phi) is 7.43. The van der Waals surface area contributed by atoms with Crippen molar-refractivity contribution in [1.29, 1.82) is 0 Å². The number of methoxy groups -OCH3 is 1. The van der Waals surface area contributed by atoms with Crippen molar-refractivity contribution in [2.45, 2.75) is 77.0 Å². The van der Waals surface area contributed by atoms with Crippen LogP contribution < -0.4 is 4.74 Å². The van der Waals surface area contributed by atoms with Crippen molar-refractivity contribution in [2.75, 3.05) is 7.11 Å². The third-order valence-corrected chi connectivity index (χ3v) is 7.04. The number of isothiocyanates is 1. The average molecular weight is 390 g/mol. The summed E-state index contributed by atoms with van der Waals surface area (Å²) in [5.41, 5.74) is 1.20. The molecule has 0 amide bonds. The summed E-state index contributed by atoms with van der Waals surface area (Å²) in [5, 5.41) is 2.24. The lowest BCUT2D eigenvalue weighted by atomic mass is 9.68. The molecule has 2 saturated carbocycles. The lowest BCUT2D eigenvalue weighted by Crippen LogP contribution is -2.25. The largest absolute Gasteiger partial charge is 0.493 e. The molecule has 0 N–H and O–H groups in total. The molecule has 2 aliphatic rings. The van der Waals surface area contributed by atoms with Crippen molar-refractivity contribution in [1.82, 2.24) is 0 Å². The van der Waals surface area contributed by atoms with E-state index < -0.39 is 5.82 Å². The van der Waals surface area contributed by atoms with Gasteiger partial charge >= 0.3 is 0 Å². The Morgan fingerprint density at radius 2 is 1.70 bits per heavy atom. The molecule has 0 saturated heterocycles. The highest BCUT2D eigenvalue weighted by Crippen LogP contribution is 2.47. The van der Waals surface area contributed by atoms with E-state index in [4.69, 9.17) is 4.74 Å². The monoisotopic (exact) mass is 389 g/mol. The minimum Gasteiger partial charge on any atom is -0.493 e. The van der Waals surface area contributed by atoms with Crippen LogP contribution in [-0.4, -0.2) is 12.3 Å². The van der Waals surface area contributed by atoms with E-state index in [2.05, 4.69) is 29.3 Å². The van der Waals surface area contributed by atoms with Crippen LogP contribution in [0.4, 0.5) is 10.1 Å². The number of thiocarbonyl (C=S) groups is 1. The summed E-state index contributed by atoms with van der Waals surface area (Å²) in [4.78, 5) is 3.80. The summed E-state index contributed by atoms with van der Waals surface area (Å²) >= 11 is 4.60. The molecule has 0 spiro atoms. The molecule has 0 aromatic heterocycles. The number of aliphatic imine (C=N–C) groups is 1. The van der Waals surface area contributed by atoms with Crippen molar-refractivity contribution >= 4 is 23.1 Å². The molecular formula is C23H32FNOS. The molecule has 0 heterocycles. The molecule has 0 bridgehead atoms. The van der Waals surface area contributed by atoms with Crippen LogP contribution in [0.1, 0.15) is 82.6 Å². The van der Waals surface area contributed by atoms with Crippen LogP contribution in [0, 0.1) is 23.6 Å². The SMILES string of the molecule is CCC[C@H]1CC[C@H]([C@H]2CC[C@H](c3ccc(N=C=S)c(F)c3OC)CC2)CC1. The first-order valence-corrected chi connectivity index (χ1v) is 11.0. The van der Waals surface area contributed by atoms with Crippen LogP contribution in [0.5, 0.6) is 5.75 Å². The van der Waals surface area contributed by atoms with Gasteiger partial charge in [0.25, 0.3) is 0 Å². The molecule has 0 unspecified atom stereocenters. The lowest BCUT2D eigenvalue weighted by molar-refractivity contribution is 0.156. The molecule has 1 aromatic rings. The first kappa shape index (κ1) is 20.5. The highest BCUT2D eigenvalue weighted by Gasteiger charge is 2.32. The standard InChI is InChI=1S/C23H32FNOS/c1-3-4-16-5-7-17(8-6-16)18-9-11-19(12-10-18)20-13-14-21(25-15-27)22(24)23(20)26-2/h13-14,16-19H,3-12H2,1-2H3/t16-,17-,18-,19-. The highest BCUT2D eigenvalue weighted by molar-refractivity contribution is 7.78. The molecule has 2 nitrogen and oxygen atoms in total. The summed E-state index contributed by atoms with van der Waals surface area (Å²) in [6.45, 7) is 2.30. The highest BCUT2D eigenvalue weighted by atomic mass is 32.1. The van der Waals surface area contributed by atoms with Gasteiger partial charge in [-0.15, -0.1) is 0 Å². The second-order valence-corrected chi connectivity index (χ2v) is 8.59. The van der Waals surface area contributed by atoms with Crippen LogP contribution in [0.25, 0.3) is 0 Å². The Morgan fingerprint density at radius 3 is 2.26 bits per heavy atom. The fourth-order valence-corrected chi connectivity index (χ4v) is 5.58. The zero-order chi connectivity index (χ0) is 19.2. The van der Waals surface area contributed by atoms with Gasteiger partial charge in [-0.1, -0.05) is 38.7 Å². The van der Waals surface area contributed by atoms with Gasteiger partial charge in [-0.05, 0) is 80.5 Å². The predicted molar refractivity (Wildman–Crippen MR) is 113 cm³/mol. The van der Waals surface area contributed by atoms with Gasteiger partial charge in [0, 0.05) is 5.56 Å². The summed E-state index contributed by atoms with van der Waals surface area (Å²) in [6, 6.07) is 3.67. The number of halogens is 1. The maximum atomic E-state index is 14.6. The van der Waals surface area contributed by atoms with Crippen LogP contribution >= 0.6 is 12.2 Å². The Hall–Kier alpha value is -1.25. The maximum absolute atomic E-state index is 14.6. The van der Waals surface area contributed by atoms with E-state index in [1.165, 1.54) is 58.5 Å². The molecule has 0 aliphatic heterocycles. The van der Waals surface area contributed by atoms with Gasteiger partial charge in [-0.25, -0.2) is 4.39 Å².